The SMILES string of the molecule is CCCCCCCCCCCCCCCC(=O)C(CC)C(C(=O)[O-])[N+](C)(C)C. The minimum absolute atomic E-state index is 0.0906. The van der Waals surface area contributed by atoms with E-state index in [1.807, 2.05) is 28.1 Å². The monoisotopic (exact) mass is 397 g/mol. The predicted molar refractivity (Wildman–Crippen MR) is 116 cm³/mol. The molecule has 0 amide bonds. The number of carboxylic acid groups (broad SMARTS) is 1. The second-order valence-corrected chi connectivity index (χ2v) is 9.35. The van der Waals surface area contributed by atoms with Crippen molar-refractivity contribution < 1.29 is 19.2 Å². The molecule has 0 aromatic carbocycles. The van der Waals surface area contributed by atoms with Crippen LogP contribution in [0.1, 0.15) is 110 Å². The summed E-state index contributed by atoms with van der Waals surface area (Å²) >= 11 is 0. The zero-order valence-corrected chi connectivity index (χ0v) is 19.4. The summed E-state index contributed by atoms with van der Waals surface area (Å²) in [5.74, 6) is -1.46. The minimum Gasteiger partial charge on any atom is -0.544 e. The normalized spacial score (nSPS) is 14.0. The summed E-state index contributed by atoms with van der Waals surface area (Å²) in [4.78, 5) is 24.1. The highest BCUT2D eigenvalue weighted by atomic mass is 16.4. The van der Waals surface area contributed by atoms with Crippen molar-refractivity contribution >= 4 is 11.8 Å². The quantitative estimate of drug-likeness (QED) is 0.230. The molecule has 0 radical (unpaired) electrons. The third-order valence-corrected chi connectivity index (χ3v) is 5.84. The Kier molecular flexibility index (Phi) is 15.4. The Morgan fingerprint density at radius 2 is 1.11 bits per heavy atom. The zero-order chi connectivity index (χ0) is 21.4. The molecule has 4 heteroatoms. The van der Waals surface area contributed by atoms with Crippen molar-refractivity contribution in [1.29, 1.82) is 0 Å². The van der Waals surface area contributed by atoms with Gasteiger partial charge in [-0.3, -0.25) is 4.79 Å². The zero-order valence-electron chi connectivity index (χ0n) is 19.4. The molecule has 4 nitrogen and oxygen atoms in total. The van der Waals surface area contributed by atoms with Crippen LogP contribution in [0.4, 0.5) is 0 Å². The summed E-state index contributed by atoms with van der Waals surface area (Å²) in [5.41, 5.74) is 0. The van der Waals surface area contributed by atoms with E-state index in [1.165, 1.54) is 70.6 Å². The largest absolute Gasteiger partial charge is 0.544 e. The topological polar surface area (TPSA) is 57.2 Å². The molecule has 0 N–H and O–H groups in total. The number of rotatable bonds is 19. The van der Waals surface area contributed by atoms with Gasteiger partial charge in [-0.15, -0.1) is 0 Å². The van der Waals surface area contributed by atoms with E-state index in [0.29, 0.717) is 12.8 Å². The number of unbranched alkanes of at least 4 members (excludes halogenated alkanes) is 12. The van der Waals surface area contributed by atoms with Gasteiger partial charge in [0.2, 0.25) is 0 Å². The first-order chi connectivity index (χ1) is 13.3. The molecule has 0 heterocycles. The smallest absolute Gasteiger partial charge is 0.142 e. The molecule has 2 atom stereocenters. The first kappa shape index (κ1) is 27.1. The molecule has 0 bridgehead atoms. The third kappa shape index (κ3) is 12.5. The van der Waals surface area contributed by atoms with Gasteiger partial charge in [-0.25, -0.2) is 0 Å². The van der Waals surface area contributed by atoms with Gasteiger partial charge in [0.1, 0.15) is 17.8 Å². The van der Waals surface area contributed by atoms with Gasteiger partial charge in [-0.05, 0) is 12.8 Å². The van der Waals surface area contributed by atoms with Crippen LogP contribution >= 0.6 is 0 Å². The molecule has 0 aliphatic heterocycles. The van der Waals surface area contributed by atoms with Crippen LogP contribution in [0.15, 0.2) is 0 Å². The van der Waals surface area contributed by atoms with Crippen molar-refractivity contribution in [2.75, 3.05) is 21.1 Å². The number of Topliss-reactive ketones (excluding diaryl/α,β-unsaturated/α-hetero) is 1. The number of ketones is 1. The average molecular weight is 398 g/mol. The molecule has 0 aliphatic rings. The van der Waals surface area contributed by atoms with Gasteiger partial charge in [-0.1, -0.05) is 90.9 Å². The molecule has 0 aromatic rings. The van der Waals surface area contributed by atoms with Crippen LogP contribution < -0.4 is 5.11 Å². The first-order valence-corrected chi connectivity index (χ1v) is 11.8. The molecule has 0 spiro atoms. The lowest BCUT2D eigenvalue weighted by Gasteiger charge is -2.38. The summed E-state index contributed by atoms with van der Waals surface area (Å²) in [6.07, 6.45) is 17.7. The van der Waals surface area contributed by atoms with E-state index >= 15 is 0 Å². The standard InChI is InChI=1S/C24H47NO3/c1-6-8-9-10-11-12-13-14-15-16-17-18-19-20-22(26)21(7-2)23(24(27)28)25(3,4)5/h21,23H,6-20H2,1-5H3. The summed E-state index contributed by atoms with van der Waals surface area (Å²) in [6, 6.07) is -0.764. The van der Waals surface area contributed by atoms with Gasteiger partial charge in [0.05, 0.1) is 27.1 Å². The van der Waals surface area contributed by atoms with E-state index in [2.05, 4.69) is 6.92 Å². The lowest BCUT2D eigenvalue weighted by atomic mass is 9.88. The Balaban J connectivity index is 3.84. The Morgan fingerprint density at radius 1 is 0.714 bits per heavy atom. The highest BCUT2D eigenvalue weighted by Gasteiger charge is 2.36. The van der Waals surface area contributed by atoms with Crippen LogP contribution in [0.3, 0.4) is 0 Å². The van der Waals surface area contributed by atoms with Crippen molar-refractivity contribution in [3.63, 3.8) is 0 Å². The van der Waals surface area contributed by atoms with Crippen LogP contribution in [-0.4, -0.2) is 43.4 Å². The number of carbonyl (C=O) groups is 2. The number of carbonyl (C=O) groups excluding carboxylic acids is 2. The molecule has 166 valence electrons. The molecule has 0 fully saturated rings. The van der Waals surface area contributed by atoms with Gasteiger partial charge in [0, 0.05) is 6.42 Å². The minimum atomic E-state index is -1.11. The molecule has 2 unspecified atom stereocenters. The summed E-state index contributed by atoms with van der Waals surface area (Å²) < 4.78 is 0.227. The van der Waals surface area contributed by atoms with Gasteiger partial charge >= 0.3 is 0 Å². The number of hydrogen-bond acceptors (Lipinski definition) is 3. The highest BCUT2D eigenvalue weighted by Crippen LogP contribution is 2.21. The highest BCUT2D eigenvalue weighted by molar-refractivity contribution is 5.86. The Bertz CT molecular complexity index is 415. The molecular formula is C24H47NO3. The molecule has 0 rings (SSSR count). The second kappa shape index (κ2) is 16.0. The lowest BCUT2D eigenvalue weighted by molar-refractivity contribution is -0.892. The molecule has 0 aliphatic carbocycles. The number of nitrogens with zero attached hydrogens (tertiary/aromatic N) is 1. The summed E-state index contributed by atoms with van der Waals surface area (Å²) in [7, 11) is 5.46. The van der Waals surface area contributed by atoms with Gasteiger partial charge in [0.15, 0.2) is 0 Å². The maximum absolute atomic E-state index is 12.6. The third-order valence-electron chi connectivity index (χ3n) is 5.84. The number of hydrogen-bond donors (Lipinski definition) is 0. The number of aliphatic carboxylic acids is 1. The maximum Gasteiger partial charge on any atom is 0.142 e. The van der Waals surface area contributed by atoms with E-state index in [4.69, 9.17) is 0 Å². The fraction of sp³-hybridized carbons (Fsp3) is 0.917. The van der Waals surface area contributed by atoms with Crippen LogP contribution in [0.2, 0.25) is 0 Å². The van der Waals surface area contributed by atoms with Crippen LogP contribution in [0, 0.1) is 5.92 Å². The van der Waals surface area contributed by atoms with E-state index in [0.717, 1.165) is 12.8 Å². The van der Waals surface area contributed by atoms with Gasteiger partial charge in [0.25, 0.3) is 0 Å². The summed E-state index contributed by atoms with van der Waals surface area (Å²) in [5, 5.41) is 11.6. The van der Waals surface area contributed by atoms with E-state index in [1.54, 1.807) is 0 Å². The van der Waals surface area contributed by atoms with Crippen molar-refractivity contribution in [3.05, 3.63) is 0 Å². The maximum atomic E-state index is 12.6. The second-order valence-electron chi connectivity index (χ2n) is 9.35. The van der Waals surface area contributed by atoms with E-state index < -0.39 is 17.9 Å². The predicted octanol–water partition coefficient (Wildman–Crippen LogP) is 4.89. The van der Waals surface area contributed by atoms with E-state index in [-0.39, 0.29) is 10.3 Å². The van der Waals surface area contributed by atoms with E-state index in [9.17, 15) is 14.7 Å². The van der Waals surface area contributed by atoms with Crippen molar-refractivity contribution in [2.45, 2.75) is 116 Å². The Hall–Kier alpha value is -0.900. The Morgan fingerprint density at radius 3 is 1.43 bits per heavy atom. The molecule has 0 saturated carbocycles. The van der Waals surface area contributed by atoms with Crippen molar-refractivity contribution in [2.24, 2.45) is 5.92 Å². The number of carboxylic acids is 1. The van der Waals surface area contributed by atoms with Gasteiger partial charge < -0.3 is 14.4 Å². The molecule has 28 heavy (non-hydrogen) atoms. The molecule has 0 saturated heterocycles. The van der Waals surface area contributed by atoms with Crippen LogP contribution in [-0.2, 0) is 9.59 Å². The lowest BCUT2D eigenvalue weighted by Crippen LogP contribution is -2.59. The molecule has 0 aromatic heterocycles. The van der Waals surface area contributed by atoms with Crippen LogP contribution in [0.5, 0.6) is 0 Å². The molecular weight excluding hydrogens is 350 g/mol. The fourth-order valence-electron chi connectivity index (χ4n) is 4.15. The van der Waals surface area contributed by atoms with Crippen molar-refractivity contribution in [1.82, 2.24) is 0 Å². The number of likely N-dealkylation sites (N-methyl/N-ethyl adjacent to an activating group) is 1. The first-order valence-electron chi connectivity index (χ1n) is 11.8. The average Bonchev–Trinajstić information content (AvgIpc) is 2.61. The van der Waals surface area contributed by atoms with Gasteiger partial charge in [-0.2, -0.15) is 0 Å². The van der Waals surface area contributed by atoms with Crippen molar-refractivity contribution in [3.8, 4) is 0 Å². The fourth-order valence-corrected chi connectivity index (χ4v) is 4.15. The summed E-state index contributed by atoms with van der Waals surface area (Å²) in [6.45, 7) is 4.16. The van der Waals surface area contributed by atoms with Crippen LogP contribution in [0.25, 0.3) is 0 Å². The Labute approximate surface area is 174 Å². The number of quaternary nitrogens is 1.